The lowest BCUT2D eigenvalue weighted by atomic mass is 10.1. The Labute approximate surface area is 95.7 Å². The Hall–Kier alpha value is -1.55. The van der Waals surface area contributed by atoms with Crippen molar-refractivity contribution < 1.29 is 9.90 Å². The predicted octanol–water partition coefficient (Wildman–Crippen LogP) is 1.56. The van der Waals surface area contributed by atoms with Crippen LogP contribution in [0.2, 0.25) is 0 Å². The SMILES string of the molecule is CCN(Cc1ccccc1N)C(C)C(=O)O. The minimum atomic E-state index is -0.809. The first-order valence-electron chi connectivity index (χ1n) is 5.36. The number of anilines is 1. The molecule has 0 aliphatic carbocycles. The zero-order valence-electron chi connectivity index (χ0n) is 9.68. The van der Waals surface area contributed by atoms with Gasteiger partial charge in [0.2, 0.25) is 0 Å². The average Bonchev–Trinajstić information content (AvgIpc) is 2.27. The van der Waals surface area contributed by atoms with Crippen LogP contribution in [0.1, 0.15) is 19.4 Å². The van der Waals surface area contributed by atoms with Crippen LogP contribution < -0.4 is 5.73 Å². The first-order valence-corrected chi connectivity index (χ1v) is 5.36. The number of para-hydroxylation sites is 1. The first-order chi connectivity index (χ1) is 7.56. The van der Waals surface area contributed by atoms with Crippen LogP contribution in [0.4, 0.5) is 5.69 Å². The van der Waals surface area contributed by atoms with Crippen LogP contribution >= 0.6 is 0 Å². The molecule has 1 aromatic carbocycles. The maximum Gasteiger partial charge on any atom is 0.320 e. The molecule has 0 amide bonds. The topological polar surface area (TPSA) is 66.6 Å². The summed E-state index contributed by atoms with van der Waals surface area (Å²) < 4.78 is 0. The number of carbonyl (C=O) groups is 1. The van der Waals surface area contributed by atoms with E-state index in [4.69, 9.17) is 10.8 Å². The molecule has 16 heavy (non-hydrogen) atoms. The number of benzene rings is 1. The number of rotatable bonds is 5. The third-order valence-corrected chi connectivity index (χ3v) is 2.74. The molecule has 1 aromatic rings. The van der Waals surface area contributed by atoms with Gasteiger partial charge in [-0.2, -0.15) is 0 Å². The quantitative estimate of drug-likeness (QED) is 0.742. The zero-order valence-corrected chi connectivity index (χ0v) is 9.68. The lowest BCUT2D eigenvalue weighted by Gasteiger charge is -2.25. The second-order valence-corrected chi connectivity index (χ2v) is 3.78. The van der Waals surface area contributed by atoms with Crippen LogP contribution in [0, 0.1) is 0 Å². The van der Waals surface area contributed by atoms with Crippen molar-refractivity contribution in [1.29, 1.82) is 0 Å². The lowest BCUT2D eigenvalue weighted by Crippen LogP contribution is -2.38. The number of nitrogens with two attached hydrogens (primary N) is 1. The smallest absolute Gasteiger partial charge is 0.320 e. The Morgan fingerprint density at radius 1 is 1.50 bits per heavy atom. The number of carboxylic acids is 1. The van der Waals surface area contributed by atoms with Crippen molar-refractivity contribution in [3.8, 4) is 0 Å². The fourth-order valence-electron chi connectivity index (χ4n) is 1.58. The monoisotopic (exact) mass is 222 g/mol. The Morgan fingerprint density at radius 2 is 2.12 bits per heavy atom. The van der Waals surface area contributed by atoms with Crippen molar-refractivity contribution in [3.05, 3.63) is 29.8 Å². The number of hydrogen-bond donors (Lipinski definition) is 2. The molecular formula is C12H18N2O2. The van der Waals surface area contributed by atoms with Gasteiger partial charge in [0.1, 0.15) is 6.04 Å². The summed E-state index contributed by atoms with van der Waals surface area (Å²) in [5, 5.41) is 8.96. The van der Waals surface area contributed by atoms with E-state index in [0.717, 1.165) is 5.56 Å². The fourth-order valence-corrected chi connectivity index (χ4v) is 1.58. The highest BCUT2D eigenvalue weighted by Crippen LogP contribution is 2.14. The van der Waals surface area contributed by atoms with Crippen LogP contribution in [0.5, 0.6) is 0 Å². The highest BCUT2D eigenvalue weighted by molar-refractivity contribution is 5.72. The summed E-state index contributed by atoms with van der Waals surface area (Å²) in [5.41, 5.74) is 7.50. The number of nitrogens with zero attached hydrogens (tertiary/aromatic N) is 1. The van der Waals surface area contributed by atoms with Gasteiger partial charge in [-0.25, -0.2) is 0 Å². The van der Waals surface area contributed by atoms with Crippen molar-refractivity contribution in [3.63, 3.8) is 0 Å². The number of carboxylic acid groups (broad SMARTS) is 1. The fraction of sp³-hybridized carbons (Fsp3) is 0.417. The van der Waals surface area contributed by atoms with Gasteiger partial charge >= 0.3 is 5.97 Å². The largest absolute Gasteiger partial charge is 0.480 e. The molecule has 0 heterocycles. The normalized spacial score (nSPS) is 12.7. The zero-order chi connectivity index (χ0) is 12.1. The summed E-state index contributed by atoms with van der Waals surface area (Å²) in [4.78, 5) is 12.8. The molecule has 88 valence electrons. The molecule has 0 bridgehead atoms. The van der Waals surface area contributed by atoms with Gasteiger partial charge < -0.3 is 10.8 Å². The molecule has 1 rings (SSSR count). The number of nitrogen functional groups attached to an aromatic ring is 1. The molecule has 0 radical (unpaired) electrons. The first kappa shape index (κ1) is 12.5. The minimum absolute atomic E-state index is 0.496. The molecule has 4 heteroatoms. The predicted molar refractivity (Wildman–Crippen MR) is 64.0 cm³/mol. The van der Waals surface area contributed by atoms with E-state index in [2.05, 4.69) is 0 Å². The molecule has 0 aliphatic heterocycles. The van der Waals surface area contributed by atoms with E-state index in [1.54, 1.807) is 6.92 Å². The number of aliphatic carboxylic acids is 1. The van der Waals surface area contributed by atoms with Crippen LogP contribution in [0.15, 0.2) is 24.3 Å². The molecule has 0 aromatic heterocycles. The average molecular weight is 222 g/mol. The Kier molecular flexibility index (Phi) is 4.31. The van der Waals surface area contributed by atoms with Crippen molar-refractivity contribution in [2.75, 3.05) is 12.3 Å². The Bertz CT molecular complexity index is 366. The number of hydrogen-bond acceptors (Lipinski definition) is 3. The van der Waals surface area contributed by atoms with E-state index in [-0.39, 0.29) is 0 Å². The molecule has 0 aliphatic rings. The maximum absolute atomic E-state index is 10.9. The van der Waals surface area contributed by atoms with Crippen molar-refractivity contribution >= 4 is 11.7 Å². The Balaban J connectivity index is 2.78. The summed E-state index contributed by atoms with van der Waals surface area (Å²) >= 11 is 0. The van der Waals surface area contributed by atoms with Crippen LogP contribution in [-0.2, 0) is 11.3 Å². The molecule has 1 atom stereocenters. The van der Waals surface area contributed by atoms with E-state index in [1.165, 1.54) is 0 Å². The van der Waals surface area contributed by atoms with Gasteiger partial charge in [0, 0.05) is 12.2 Å². The van der Waals surface area contributed by atoms with E-state index < -0.39 is 12.0 Å². The van der Waals surface area contributed by atoms with E-state index in [0.29, 0.717) is 18.8 Å². The van der Waals surface area contributed by atoms with Gasteiger partial charge in [-0.1, -0.05) is 25.1 Å². The number of likely N-dealkylation sites (N-methyl/N-ethyl adjacent to an activating group) is 1. The van der Waals surface area contributed by atoms with Gasteiger partial charge in [0.05, 0.1) is 0 Å². The van der Waals surface area contributed by atoms with Gasteiger partial charge in [-0.05, 0) is 25.1 Å². The summed E-state index contributed by atoms with van der Waals surface area (Å²) in [7, 11) is 0. The van der Waals surface area contributed by atoms with E-state index >= 15 is 0 Å². The molecule has 1 unspecified atom stereocenters. The molecular weight excluding hydrogens is 204 g/mol. The summed E-state index contributed by atoms with van der Waals surface area (Å²) in [6, 6.07) is 7.03. The third-order valence-electron chi connectivity index (χ3n) is 2.74. The molecule has 0 spiro atoms. The van der Waals surface area contributed by atoms with Gasteiger partial charge in [0.25, 0.3) is 0 Å². The second-order valence-electron chi connectivity index (χ2n) is 3.78. The third kappa shape index (κ3) is 2.97. The molecule has 4 nitrogen and oxygen atoms in total. The van der Waals surface area contributed by atoms with Gasteiger partial charge in [-0.15, -0.1) is 0 Å². The van der Waals surface area contributed by atoms with Crippen LogP contribution in [-0.4, -0.2) is 28.6 Å². The molecule has 3 N–H and O–H groups in total. The van der Waals surface area contributed by atoms with Crippen LogP contribution in [0.3, 0.4) is 0 Å². The summed E-state index contributed by atoms with van der Waals surface area (Å²) in [5.74, 6) is -0.809. The minimum Gasteiger partial charge on any atom is -0.480 e. The maximum atomic E-state index is 10.9. The molecule has 0 saturated carbocycles. The van der Waals surface area contributed by atoms with Crippen molar-refractivity contribution in [2.45, 2.75) is 26.4 Å². The highest BCUT2D eigenvalue weighted by Gasteiger charge is 2.19. The van der Waals surface area contributed by atoms with Crippen molar-refractivity contribution in [1.82, 2.24) is 4.90 Å². The Morgan fingerprint density at radius 3 is 2.62 bits per heavy atom. The molecule has 0 fully saturated rings. The van der Waals surface area contributed by atoms with E-state index in [1.807, 2.05) is 36.1 Å². The van der Waals surface area contributed by atoms with E-state index in [9.17, 15) is 4.79 Å². The van der Waals surface area contributed by atoms with Gasteiger partial charge in [-0.3, -0.25) is 9.69 Å². The molecule has 0 saturated heterocycles. The highest BCUT2D eigenvalue weighted by atomic mass is 16.4. The second kappa shape index (κ2) is 5.51. The summed E-state index contributed by atoms with van der Waals surface area (Å²) in [6.45, 7) is 4.88. The standard InChI is InChI=1S/C12H18N2O2/c1-3-14(9(2)12(15)16)8-10-6-4-5-7-11(10)13/h4-7,9H,3,8,13H2,1-2H3,(H,15,16). The van der Waals surface area contributed by atoms with Crippen molar-refractivity contribution in [2.24, 2.45) is 0 Å². The summed E-state index contributed by atoms with van der Waals surface area (Å²) in [6.07, 6.45) is 0. The van der Waals surface area contributed by atoms with Gasteiger partial charge in [0.15, 0.2) is 0 Å². The van der Waals surface area contributed by atoms with Crippen LogP contribution in [0.25, 0.3) is 0 Å². The lowest BCUT2D eigenvalue weighted by molar-refractivity contribution is -0.142.